The van der Waals surface area contributed by atoms with Crippen LogP contribution in [0, 0.1) is 12.8 Å². The number of hydrogen-bond acceptors (Lipinski definition) is 4. The molecule has 12 rings (SSSR count). The van der Waals surface area contributed by atoms with E-state index in [0.29, 0.717) is 11.8 Å². The topological polar surface area (TPSA) is 49.6 Å². The van der Waals surface area contributed by atoms with Crippen LogP contribution in [-0.2, 0) is 0 Å². The van der Waals surface area contributed by atoms with Gasteiger partial charge < -0.3 is 5.32 Å². The van der Waals surface area contributed by atoms with Crippen molar-refractivity contribution in [1.29, 1.82) is 0 Å². The van der Waals surface area contributed by atoms with Crippen LogP contribution in [0.1, 0.15) is 62.5 Å². The number of aryl methyl sites for hydroxylation is 1. The molecule has 0 saturated heterocycles. The summed E-state index contributed by atoms with van der Waals surface area (Å²) in [6.07, 6.45) is 8.49. The summed E-state index contributed by atoms with van der Waals surface area (Å²) in [5.41, 5.74) is 18.4. The van der Waals surface area contributed by atoms with Gasteiger partial charge in [-0.05, 0) is 69.1 Å². The van der Waals surface area contributed by atoms with Crippen molar-refractivity contribution in [1.82, 2.24) is 10.3 Å². The lowest BCUT2D eigenvalue weighted by Gasteiger charge is -2.46. The van der Waals surface area contributed by atoms with Crippen molar-refractivity contribution in [2.45, 2.75) is 24.9 Å². The van der Waals surface area contributed by atoms with Crippen LogP contribution < -0.4 is 5.32 Å². The van der Waals surface area contributed by atoms with Crippen LogP contribution in [0.25, 0.3) is 33.5 Å². The summed E-state index contributed by atoms with van der Waals surface area (Å²) in [6, 6.07) is 56.2. The third-order valence-electron chi connectivity index (χ3n) is 12.0. The van der Waals surface area contributed by atoms with Gasteiger partial charge in [-0.3, -0.25) is 4.98 Å². The number of nitrogens with zero attached hydrogens (tertiary/aromatic N) is 3. The Bertz CT molecular complexity index is 2760. The van der Waals surface area contributed by atoms with Crippen LogP contribution in [0.15, 0.2) is 198 Å². The van der Waals surface area contributed by atoms with Gasteiger partial charge in [0.25, 0.3) is 0 Å². The van der Waals surface area contributed by atoms with Crippen LogP contribution in [-0.4, -0.2) is 16.7 Å². The monoisotopic (exact) mass is 718 g/mol. The summed E-state index contributed by atoms with van der Waals surface area (Å²) in [4.78, 5) is 15.5. The molecular weight excluding hydrogens is 681 g/mol. The van der Waals surface area contributed by atoms with E-state index in [4.69, 9.17) is 15.0 Å². The van der Waals surface area contributed by atoms with Crippen molar-refractivity contribution in [3.63, 3.8) is 0 Å². The zero-order valence-electron chi connectivity index (χ0n) is 31.0. The predicted octanol–water partition coefficient (Wildman–Crippen LogP) is 11.6. The molecule has 0 saturated carbocycles. The maximum Gasteiger partial charge on any atom is 0.171 e. The average Bonchev–Trinajstić information content (AvgIpc) is 3.78. The van der Waals surface area contributed by atoms with Gasteiger partial charge in [0.15, 0.2) is 6.17 Å². The zero-order chi connectivity index (χ0) is 37.2. The lowest BCUT2D eigenvalue weighted by Crippen LogP contribution is -2.37. The third kappa shape index (κ3) is 5.40. The van der Waals surface area contributed by atoms with E-state index >= 15 is 0 Å². The molecule has 0 spiro atoms. The number of hydrogen-bond donors (Lipinski definition) is 1. The molecule has 266 valence electrons. The highest BCUT2D eigenvalue weighted by Gasteiger charge is 2.47. The Morgan fingerprint density at radius 2 is 1.14 bits per heavy atom. The normalized spacial score (nSPS) is 19.9. The molecule has 2 bridgehead atoms. The summed E-state index contributed by atoms with van der Waals surface area (Å²) in [5.74, 6) is 2.61. The van der Waals surface area contributed by atoms with Crippen molar-refractivity contribution in [3.8, 4) is 33.5 Å². The third-order valence-corrected chi connectivity index (χ3v) is 12.0. The van der Waals surface area contributed by atoms with E-state index in [2.05, 4.69) is 176 Å². The van der Waals surface area contributed by atoms with Crippen molar-refractivity contribution in [2.75, 3.05) is 0 Å². The SMILES string of the molecule is Cc1cccc2c1C1C3=CC=CC3C2c2ccc(C3=NC(c4ccc(-c5ccc(-c6ccccc6)cc5)nc4)N=C(c4ccc(-c5ccccc5)cc4)N3)cc21. The Hall–Kier alpha value is -6.91. The van der Waals surface area contributed by atoms with Crippen LogP contribution in [0.4, 0.5) is 0 Å². The standard InChI is InChI=1S/C52H38N4/c1-32-10-8-17-44-47(32)49-42-16-9-15-41(42)48(44)43-28-26-39(30-45(43)49)51-54-50(38-24-20-36(21-25-38)34-13-6-3-7-14-34)55-52(56-51)40-27-29-46(53-31-40)37-22-18-35(19-23-37)33-11-4-2-5-12-33/h2-31,41,48-49,52H,1H3,(H,54,55,56). The van der Waals surface area contributed by atoms with Crippen LogP contribution in [0.5, 0.6) is 0 Å². The quantitative estimate of drug-likeness (QED) is 0.186. The molecule has 5 aliphatic rings. The first kappa shape index (κ1) is 32.5. The molecule has 1 N–H and O–H groups in total. The largest absolute Gasteiger partial charge is 0.324 e. The first-order valence-electron chi connectivity index (χ1n) is 19.5. The molecule has 0 amide bonds. The highest BCUT2D eigenvalue weighted by atomic mass is 15.2. The second kappa shape index (κ2) is 13.1. The Balaban J connectivity index is 0.964. The maximum absolute atomic E-state index is 5.30. The van der Waals surface area contributed by atoms with Gasteiger partial charge in [0.1, 0.15) is 11.7 Å². The average molecular weight is 719 g/mol. The molecule has 1 aromatic heterocycles. The van der Waals surface area contributed by atoms with Crippen LogP contribution in [0.2, 0.25) is 0 Å². The van der Waals surface area contributed by atoms with Crippen molar-refractivity contribution in [2.24, 2.45) is 15.9 Å². The number of aliphatic imine (C=N–C) groups is 2. The second-order valence-corrected chi connectivity index (χ2v) is 15.2. The van der Waals surface area contributed by atoms with Gasteiger partial charge >= 0.3 is 0 Å². The number of allylic oxidation sites excluding steroid dienone is 4. The minimum absolute atomic E-state index is 0.239. The first-order chi connectivity index (χ1) is 27.7. The molecule has 1 aliphatic heterocycles. The lowest BCUT2D eigenvalue weighted by atomic mass is 9.57. The van der Waals surface area contributed by atoms with E-state index in [1.165, 1.54) is 55.6 Å². The zero-order valence-corrected chi connectivity index (χ0v) is 31.0. The van der Waals surface area contributed by atoms with E-state index in [9.17, 15) is 0 Å². The van der Waals surface area contributed by atoms with E-state index < -0.39 is 6.17 Å². The molecule has 4 atom stereocenters. The van der Waals surface area contributed by atoms with Gasteiger partial charge in [-0.1, -0.05) is 169 Å². The smallest absolute Gasteiger partial charge is 0.171 e. The van der Waals surface area contributed by atoms with E-state index in [1.54, 1.807) is 0 Å². The van der Waals surface area contributed by atoms with Gasteiger partial charge in [-0.2, -0.15) is 0 Å². The lowest BCUT2D eigenvalue weighted by molar-refractivity contribution is 0.540. The summed E-state index contributed by atoms with van der Waals surface area (Å²) >= 11 is 0. The van der Waals surface area contributed by atoms with Crippen molar-refractivity contribution < 1.29 is 0 Å². The fourth-order valence-electron chi connectivity index (χ4n) is 9.32. The van der Waals surface area contributed by atoms with Gasteiger partial charge in [0.05, 0.1) is 5.69 Å². The molecule has 0 radical (unpaired) electrons. The van der Waals surface area contributed by atoms with Gasteiger partial charge in [-0.25, -0.2) is 9.98 Å². The number of pyridine rings is 1. The minimum Gasteiger partial charge on any atom is -0.324 e. The second-order valence-electron chi connectivity index (χ2n) is 15.2. The summed E-state index contributed by atoms with van der Waals surface area (Å²) in [6.45, 7) is 2.27. The molecule has 7 aromatic rings. The van der Waals surface area contributed by atoms with E-state index in [1.807, 2.05) is 18.3 Å². The Labute approximate surface area is 327 Å². The molecule has 56 heavy (non-hydrogen) atoms. The highest BCUT2D eigenvalue weighted by Crippen LogP contribution is 2.60. The number of benzene rings is 6. The van der Waals surface area contributed by atoms with Crippen LogP contribution in [0.3, 0.4) is 0 Å². The van der Waals surface area contributed by atoms with E-state index in [-0.39, 0.29) is 5.92 Å². The molecule has 4 aliphatic carbocycles. The molecule has 6 aromatic carbocycles. The molecule has 4 heteroatoms. The Morgan fingerprint density at radius 1 is 0.518 bits per heavy atom. The Kier molecular flexibility index (Phi) is 7.63. The summed E-state index contributed by atoms with van der Waals surface area (Å²) < 4.78 is 0. The minimum atomic E-state index is -0.460. The first-order valence-corrected chi connectivity index (χ1v) is 19.5. The molecule has 0 fully saturated rings. The number of amidine groups is 2. The van der Waals surface area contributed by atoms with Gasteiger partial charge in [0, 0.05) is 46.2 Å². The fraction of sp³-hybridized carbons (Fsp3) is 0.0962. The van der Waals surface area contributed by atoms with E-state index in [0.717, 1.165) is 39.6 Å². The number of nitrogens with one attached hydrogen (secondary N) is 1. The van der Waals surface area contributed by atoms with Crippen molar-refractivity contribution in [3.05, 3.63) is 232 Å². The fourth-order valence-corrected chi connectivity index (χ4v) is 9.32. The molecule has 4 unspecified atom stereocenters. The number of rotatable bonds is 6. The number of aromatic nitrogens is 1. The van der Waals surface area contributed by atoms with Crippen molar-refractivity contribution >= 4 is 11.7 Å². The maximum atomic E-state index is 5.30. The Morgan fingerprint density at radius 3 is 1.82 bits per heavy atom. The highest BCUT2D eigenvalue weighted by molar-refractivity contribution is 6.16. The summed E-state index contributed by atoms with van der Waals surface area (Å²) in [5, 5.41) is 3.68. The summed E-state index contributed by atoms with van der Waals surface area (Å²) in [7, 11) is 0. The molecule has 2 heterocycles. The van der Waals surface area contributed by atoms with Gasteiger partial charge in [0.2, 0.25) is 0 Å². The van der Waals surface area contributed by atoms with Gasteiger partial charge in [-0.15, -0.1) is 0 Å². The molecule has 4 nitrogen and oxygen atoms in total. The predicted molar refractivity (Wildman–Crippen MR) is 228 cm³/mol. The van der Waals surface area contributed by atoms with Crippen LogP contribution >= 0.6 is 0 Å². The molecular formula is C52H38N4.